The summed E-state index contributed by atoms with van der Waals surface area (Å²) in [6.07, 6.45) is -3.58. The lowest BCUT2D eigenvalue weighted by molar-refractivity contribution is -0.137. The van der Waals surface area contributed by atoms with Gasteiger partial charge in [0.05, 0.1) is 22.7 Å². The van der Waals surface area contributed by atoms with Gasteiger partial charge in [-0.25, -0.2) is 13.1 Å². The third-order valence-electron chi connectivity index (χ3n) is 3.93. The lowest BCUT2D eigenvalue weighted by Crippen LogP contribution is -2.46. The molecule has 9 heteroatoms. The summed E-state index contributed by atoms with van der Waals surface area (Å²) in [7, 11) is -3.81. The number of sulfonamides is 1. The molecule has 1 N–H and O–H groups in total. The number of ether oxygens (including phenoxy) is 1. The Morgan fingerprint density at radius 3 is 2.24 bits per heavy atom. The molecule has 5 nitrogen and oxygen atoms in total. The molecular formula is C16H23F3N2O3S. The summed E-state index contributed by atoms with van der Waals surface area (Å²) in [6, 6.07) is 3.48. The van der Waals surface area contributed by atoms with Crippen LogP contribution in [0.15, 0.2) is 29.2 Å². The van der Waals surface area contributed by atoms with Crippen molar-refractivity contribution in [1.29, 1.82) is 0 Å². The van der Waals surface area contributed by atoms with Crippen LogP contribution in [0.5, 0.6) is 0 Å². The van der Waals surface area contributed by atoms with Gasteiger partial charge in [0.25, 0.3) is 0 Å². The van der Waals surface area contributed by atoms with E-state index in [-0.39, 0.29) is 23.6 Å². The fraction of sp³-hybridized carbons (Fsp3) is 0.625. The summed E-state index contributed by atoms with van der Waals surface area (Å²) in [4.78, 5) is 2.04. The first-order valence-corrected chi connectivity index (χ1v) is 9.61. The number of morpholine rings is 1. The van der Waals surface area contributed by atoms with Crippen LogP contribution < -0.4 is 4.72 Å². The van der Waals surface area contributed by atoms with Crippen LogP contribution in [0, 0.1) is 0 Å². The fourth-order valence-electron chi connectivity index (χ4n) is 2.88. The minimum atomic E-state index is -4.48. The van der Waals surface area contributed by atoms with Gasteiger partial charge in [0.15, 0.2) is 0 Å². The number of halogens is 3. The summed E-state index contributed by atoms with van der Waals surface area (Å²) in [5.74, 6) is 0. The average molecular weight is 380 g/mol. The Morgan fingerprint density at radius 2 is 1.72 bits per heavy atom. The second-order valence-electron chi connectivity index (χ2n) is 6.29. The maximum absolute atomic E-state index is 12.5. The van der Waals surface area contributed by atoms with Crippen LogP contribution in [-0.2, 0) is 20.9 Å². The van der Waals surface area contributed by atoms with E-state index in [0.717, 1.165) is 43.9 Å². The molecule has 1 saturated heterocycles. The second kappa shape index (κ2) is 8.03. The van der Waals surface area contributed by atoms with Gasteiger partial charge >= 0.3 is 6.18 Å². The van der Waals surface area contributed by atoms with Gasteiger partial charge in [-0.15, -0.1) is 0 Å². The summed E-state index contributed by atoms with van der Waals surface area (Å²) in [5, 5.41) is 0. The number of alkyl halides is 3. The van der Waals surface area contributed by atoms with E-state index in [9.17, 15) is 21.6 Å². The molecule has 0 aliphatic carbocycles. The van der Waals surface area contributed by atoms with E-state index in [1.165, 1.54) is 0 Å². The summed E-state index contributed by atoms with van der Waals surface area (Å²) in [6.45, 7) is 6.55. The predicted octanol–water partition coefficient (Wildman–Crippen LogP) is 2.48. The Balaban J connectivity index is 1.83. The van der Waals surface area contributed by atoms with Gasteiger partial charge in [-0.1, -0.05) is 0 Å². The molecule has 0 radical (unpaired) electrons. The Morgan fingerprint density at radius 1 is 1.16 bits per heavy atom. The molecule has 2 atom stereocenters. The molecule has 1 aliphatic heterocycles. The number of hydrogen-bond donors (Lipinski definition) is 1. The average Bonchev–Trinajstić information content (AvgIpc) is 2.50. The van der Waals surface area contributed by atoms with Crippen molar-refractivity contribution in [3.63, 3.8) is 0 Å². The van der Waals surface area contributed by atoms with Gasteiger partial charge in [-0.2, -0.15) is 13.2 Å². The lowest BCUT2D eigenvalue weighted by atomic mass is 10.2. The number of nitrogens with one attached hydrogen (secondary N) is 1. The molecule has 0 aromatic heterocycles. The standard InChI is InChI=1S/C16H23F3N2O3S/c1-12-10-21(11-13(2)24-12)9-3-8-20-25(22,23)15-6-4-14(5-7-15)16(17,18)19/h4-7,12-13,20H,3,8-11H2,1-2H3/t12-,13-/m0/s1. The van der Waals surface area contributed by atoms with E-state index in [2.05, 4.69) is 9.62 Å². The Hall–Kier alpha value is -1.16. The molecule has 0 spiro atoms. The topological polar surface area (TPSA) is 58.6 Å². The molecule has 1 heterocycles. The lowest BCUT2D eigenvalue weighted by Gasteiger charge is -2.35. The Kier molecular flexibility index (Phi) is 6.47. The zero-order chi connectivity index (χ0) is 18.7. The second-order valence-corrected chi connectivity index (χ2v) is 8.06. The van der Waals surface area contributed by atoms with Crippen LogP contribution in [0.4, 0.5) is 13.2 Å². The van der Waals surface area contributed by atoms with Gasteiger partial charge in [0, 0.05) is 19.6 Å². The number of rotatable bonds is 6. The molecule has 2 rings (SSSR count). The monoisotopic (exact) mass is 380 g/mol. The molecule has 0 unspecified atom stereocenters. The fourth-order valence-corrected chi connectivity index (χ4v) is 3.96. The van der Waals surface area contributed by atoms with Gasteiger partial charge in [0.1, 0.15) is 0 Å². The van der Waals surface area contributed by atoms with Crippen molar-refractivity contribution in [2.45, 2.75) is 43.5 Å². The van der Waals surface area contributed by atoms with Crippen molar-refractivity contribution in [1.82, 2.24) is 9.62 Å². The van der Waals surface area contributed by atoms with E-state index in [1.54, 1.807) is 0 Å². The smallest absolute Gasteiger partial charge is 0.373 e. The highest BCUT2D eigenvalue weighted by Crippen LogP contribution is 2.29. The zero-order valence-electron chi connectivity index (χ0n) is 14.2. The molecule has 0 saturated carbocycles. The molecular weight excluding hydrogens is 357 g/mol. The molecule has 25 heavy (non-hydrogen) atoms. The first-order valence-electron chi connectivity index (χ1n) is 8.12. The van der Waals surface area contributed by atoms with E-state index in [0.29, 0.717) is 6.42 Å². The summed E-state index contributed by atoms with van der Waals surface area (Å²) < 4.78 is 69.9. The molecule has 0 amide bonds. The maximum atomic E-state index is 12.5. The van der Waals surface area contributed by atoms with Crippen molar-refractivity contribution in [2.24, 2.45) is 0 Å². The first-order chi connectivity index (χ1) is 11.6. The summed E-state index contributed by atoms with van der Waals surface area (Å²) >= 11 is 0. The van der Waals surface area contributed by atoms with Crippen molar-refractivity contribution in [3.05, 3.63) is 29.8 Å². The van der Waals surface area contributed by atoms with Crippen LogP contribution in [0.3, 0.4) is 0 Å². The molecule has 1 aromatic rings. The minimum absolute atomic E-state index is 0.146. The summed E-state index contributed by atoms with van der Waals surface area (Å²) in [5.41, 5.74) is -0.873. The number of nitrogens with zero attached hydrogens (tertiary/aromatic N) is 1. The SMILES string of the molecule is C[C@H]1CN(CCCNS(=O)(=O)c2ccc(C(F)(F)F)cc2)C[C@H](C)O1. The third kappa shape index (κ3) is 5.95. The number of benzene rings is 1. The molecule has 1 aromatic carbocycles. The van der Waals surface area contributed by atoms with E-state index >= 15 is 0 Å². The van der Waals surface area contributed by atoms with Crippen LogP contribution in [-0.4, -0.2) is 51.7 Å². The van der Waals surface area contributed by atoms with Crippen LogP contribution in [0.25, 0.3) is 0 Å². The van der Waals surface area contributed by atoms with Gasteiger partial charge in [-0.05, 0) is 51.1 Å². The van der Waals surface area contributed by atoms with Crippen molar-refractivity contribution in [2.75, 3.05) is 26.2 Å². The molecule has 142 valence electrons. The van der Waals surface area contributed by atoms with Crippen LogP contribution >= 0.6 is 0 Å². The van der Waals surface area contributed by atoms with Crippen molar-refractivity contribution in [3.8, 4) is 0 Å². The normalized spacial score (nSPS) is 22.9. The van der Waals surface area contributed by atoms with Crippen LogP contribution in [0.1, 0.15) is 25.8 Å². The van der Waals surface area contributed by atoms with E-state index < -0.39 is 21.8 Å². The Labute approximate surface area is 146 Å². The molecule has 0 bridgehead atoms. The minimum Gasteiger partial charge on any atom is -0.373 e. The van der Waals surface area contributed by atoms with Crippen molar-refractivity contribution < 1.29 is 26.3 Å². The predicted molar refractivity (Wildman–Crippen MR) is 87.7 cm³/mol. The van der Waals surface area contributed by atoms with Crippen molar-refractivity contribution >= 4 is 10.0 Å². The quantitative estimate of drug-likeness (QED) is 0.771. The van der Waals surface area contributed by atoms with Gasteiger partial charge < -0.3 is 4.74 Å². The number of hydrogen-bond acceptors (Lipinski definition) is 4. The molecule has 1 aliphatic rings. The highest BCUT2D eigenvalue weighted by Gasteiger charge is 2.30. The van der Waals surface area contributed by atoms with E-state index in [4.69, 9.17) is 4.74 Å². The largest absolute Gasteiger partial charge is 0.416 e. The third-order valence-corrected chi connectivity index (χ3v) is 5.41. The maximum Gasteiger partial charge on any atom is 0.416 e. The zero-order valence-corrected chi connectivity index (χ0v) is 15.0. The highest BCUT2D eigenvalue weighted by atomic mass is 32.2. The molecule has 1 fully saturated rings. The van der Waals surface area contributed by atoms with Gasteiger partial charge in [0.2, 0.25) is 10.0 Å². The van der Waals surface area contributed by atoms with E-state index in [1.807, 2.05) is 13.8 Å². The van der Waals surface area contributed by atoms with Crippen LogP contribution in [0.2, 0.25) is 0 Å². The van der Waals surface area contributed by atoms with Gasteiger partial charge in [-0.3, -0.25) is 4.90 Å². The highest BCUT2D eigenvalue weighted by molar-refractivity contribution is 7.89. The first kappa shape index (κ1) is 20.2. The Bertz CT molecular complexity index is 652.